The summed E-state index contributed by atoms with van der Waals surface area (Å²) in [5.41, 5.74) is 4.47. The molecule has 1 saturated heterocycles. The van der Waals surface area contributed by atoms with Gasteiger partial charge in [0.25, 0.3) is 0 Å². The molecular formula is C28H34Cl2N4O3. The van der Waals surface area contributed by atoms with Gasteiger partial charge in [0.15, 0.2) is 0 Å². The molecule has 2 N–H and O–H groups in total. The smallest absolute Gasteiger partial charge is 0.249 e. The predicted octanol–water partition coefficient (Wildman–Crippen LogP) is 4.63. The minimum absolute atomic E-state index is 0.0748. The lowest BCUT2D eigenvalue weighted by Crippen LogP contribution is -2.61. The van der Waals surface area contributed by atoms with Gasteiger partial charge in [-0.15, -0.1) is 0 Å². The van der Waals surface area contributed by atoms with Crippen LogP contribution < -0.4 is 10.7 Å². The molecule has 2 aliphatic heterocycles. The van der Waals surface area contributed by atoms with Crippen molar-refractivity contribution >= 4 is 40.7 Å². The number of benzene rings is 2. The Morgan fingerprint density at radius 1 is 1.16 bits per heavy atom. The third kappa shape index (κ3) is 5.66. The van der Waals surface area contributed by atoms with E-state index in [0.717, 1.165) is 36.8 Å². The Morgan fingerprint density at radius 2 is 1.95 bits per heavy atom. The summed E-state index contributed by atoms with van der Waals surface area (Å²) in [7, 11) is 0. The molecule has 37 heavy (non-hydrogen) atoms. The van der Waals surface area contributed by atoms with Crippen LogP contribution in [-0.4, -0.2) is 60.6 Å². The fourth-order valence-corrected chi connectivity index (χ4v) is 6.52. The number of hydrogen-bond donors (Lipinski definition) is 2. The molecule has 198 valence electrons. The molecule has 0 bridgehead atoms. The lowest BCUT2D eigenvalue weighted by molar-refractivity contribution is -0.138. The first-order valence-corrected chi connectivity index (χ1v) is 13.9. The summed E-state index contributed by atoms with van der Waals surface area (Å²) in [5, 5.41) is 6.17. The molecule has 1 saturated carbocycles. The minimum atomic E-state index is -1.07. The molecule has 2 aromatic rings. The number of halogens is 2. The monoisotopic (exact) mass is 544 g/mol. The molecule has 1 aliphatic carbocycles. The number of carbonyl (C=O) groups is 2. The van der Waals surface area contributed by atoms with E-state index >= 15 is 0 Å². The van der Waals surface area contributed by atoms with Gasteiger partial charge >= 0.3 is 0 Å². The van der Waals surface area contributed by atoms with Gasteiger partial charge < -0.3 is 10.1 Å². The number of carbonyl (C=O) groups excluding carboxylic acids is 2. The normalized spacial score (nSPS) is 26.1. The van der Waals surface area contributed by atoms with Crippen molar-refractivity contribution in [1.29, 1.82) is 0 Å². The topological polar surface area (TPSA) is 73.9 Å². The molecule has 0 spiro atoms. The number of morpholine rings is 1. The lowest BCUT2D eigenvalue weighted by atomic mass is 9.78. The van der Waals surface area contributed by atoms with Gasteiger partial charge in [-0.2, -0.15) is 0 Å². The van der Waals surface area contributed by atoms with Gasteiger partial charge in [0.2, 0.25) is 11.8 Å². The molecule has 3 aliphatic rings. The van der Waals surface area contributed by atoms with Crippen LogP contribution in [-0.2, 0) is 26.3 Å². The number of nitrogens with one attached hydrogen (secondary N) is 2. The van der Waals surface area contributed by atoms with Crippen LogP contribution in [0.1, 0.15) is 43.7 Å². The second kappa shape index (κ2) is 11.3. The number of anilines is 1. The van der Waals surface area contributed by atoms with Crippen molar-refractivity contribution in [2.45, 2.75) is 50.6 Å². The van der Waals surface area contributed by atoms with Crippen molar-refractivity contribution in [3.63, 3.8) is 0 Å². The highest BCUT2D eigenvalue weighted by atomic mass is 35.5. The van der Waals surface area contributed by atoms with Crippen LogP contribution in [0.3, 0.4) is 0 Å². The first-order chi connectivity index (χ1) is 17.8. The zero-order chi connectivity index (χ0) is 26.0. The van der Waals surface area contributed by atoms with Gasteiger partial charge in [-0.1, -0.05) is 61.2 Å². The van der Waals surface area contributed by atoms with Crippen LogP contribution in [0, 0.1) is 5.92 Å². The van der Waals surface area contributed by atoms with Gasteiger partial charge in [-0.25, -0.2) is 5.01 Å². The van der Waals surface area contributed by atoms with E-state index in [1.54, 1.807) is 6.07 Å². The Labute approximate surface area is 228 Å². The van der Waals surface area contributed by atoms with Crippen molar-refractivity contribution in [1.82, 2.24) is 15.3 Å². The SMILES string of the molecule is CC1CCC[C@@H](N(CC(=O)NN2CCOCC2)C2(Cc3cccc(Cl)c3)C(=O)Nc3cc(Cl)ccc32)C1. The maximum absolute atomic E-state index is 14.1. The van der Waals surface area contributed by atoms with Gasteiger partial charge in [-0.3, -0.25) is 19.9 Å². The van der Waals surface area contributed by atoms with E-state index in [4.69, 9.17) is 27.9 Å². The van der Waals surface area contributed by atoms with Crippen molar-refractivity contribution in [2.24, 2.45) is 5.92 Å². The number of ether oxygens (including phenoxy) is 1. The standard InChI is InChI=1S/C28H34Cl2N4O3/c1-19-4-2-7-23(14-19)34(18-26(35)32-33-10-12-37-13-11-33)28(17-20-5-3-6-21(29)15-20)24-9-8-22(30)16-25(24)31-27(28)36/h3,5-6,8-9,15-16,19,23H,2,4,7,10-14,17-18H2,1H3,(H,31,36)(H,32,35)/t19?,23-,28?/m1/s1. The molecule has 2 amide bonds. The summed E-state index contributed by atoms with van der Waals surface area (Å²) in [4.78, 5) is 29.8. The third-order valence-electron chi connectivity index (χ3n) is 7.85. The second-order valence-corrected chi connectivity index (χ2v) is 11.4. The number of hydrogen-bond acceptors (Lipinski definition) is 5. The minimum Gasteiger partial charge on any atom is -0.379 e. The number of nitrogens with zero attached hydrogens (tertiary/aromatic N) is 2. The Bertz CT molecular complexity index is 1160. The average molecular weight is 546 g/mol. The lowest BCUT2D eigenvalue weighted by Gasteiger charge is -2.46. The molecule has 0 radical (unpaired) electrons. The summed E-state index contributed by atoms with van der Waals surface area (Å²) in [6.07, 6.45) is 4.48. The second-order valence-electron chi connectivity index (χ2n) is 10.5. The van der Waals surface area contributed by atoms with Crippen molar-refractivity contribution in [3.8, 4) is 0 Å². The maximum atomic E-state index is 14.1. The molecular weight excluding hydrogens is 511 g/mol. The van der Waals surface area contributed by atoms with Crippen LogP contribution in [0.15, 0.2) is 42.5 Å². The molecule has 9 heteroatoms. The van der Waals surface area contributed by atoms with Crippen molar-refractivity contribution < 1.29 is 14.3 Å². The van der Waals surface area contributed by atoms with E-state index in [-0.39, 0.29) is 24.4 Å². The molecule has 3 atom stereocenters. The first-order valence-electron chi connectivity index (χ1n) is 13.1. The molecule has 7 nitrogen and oxygen atoms in total. The summed E-state index contributed by atoms with van der Waals surface area (Å²) in [6.45, 7) is 4.80. The summed E-state index contributed by atoms with van der Waals surface area (Å²) < 4.78 is 5.43. The zero-order valence-electron chi connectivity index (χ0n) is 21.1. The van der Waals surface area contributed by atoms with Crippen LogP contribution >= 0.6 is 23.2 Å². The summed E-state index contributed by atoms with van der Waals surface area (Å²) >= 11 is 12.7. The summed E-state index contributed by atoms with van der Waals surface area (Å²) in [6, 6.07) is 13.2. The van der Waals surface area contributed by atoms with Gasteiger partial charge in [0, 0.05) is 46.8 Å². The Morgan fingerprint density at radius 3 is 2.70 bits per heavy atom. The van der Waals surface area contributed by atoms with E-state index < -0.39 is 5.54 Å². The zero-order valence-corrected chi connectivity index (χ0v) is 22.7. The molecule has 2 unspecified atom stereocenters. The highest BCUT2D eigenvalue weighted by molar-refractivity contribution is 6.31. The fraction of sp³-hybridized carbons (Fsp3) is 0.500. The largest absolute Gasteiger partial charge is 0.379 e. The van der Waals surface area contributed by atoms with E-state index in [1.807, 2.05) is 41.4 Å². The van der Waals surface area contributed by atoms with E-state index in [2.05, 4.69) is 22.6 Å². The van der Waals surface area contributed by atoms with Crippen LogP contribution in [0.4, 0.5) is 5.69 Å². The highest BCUT2D eigenvalue weighted by Gasteiger charge is 2.54. The molecule has 2 aromatic carbocycles. The van der Waals surface area contributed by atoms with Gasteiger partial charge in [-0.05, 0) is 48.6 Å². The molecule has 0 aromatic heterocycles. The molecule has 2 fully saturated rings. The van der Waals surface area contributed by atoms with E-state index in [1.165, 1.54) is 0 Å². The Kier molecular flexibility index (Phi) is 8.07. The van der Waals surface area contributed by atoms with E-state index in [9.17, 15) is 9.59 Å². The highest BCUT2D eigenvalue weighted by Crippen LogP contribution is 2.47. The van der Waals surface area contributed by atoms with Crippen molar-refractivity contribution in [2.75, 3.05) is 38.2 Å². The van der Waals surface area contributed by atoms with Crippen LogP contribution in [0.5, 0.6) is 0 Å². The third-order valence-corrected chi connectivity index (χ3v) is 8.32. The predicted molar refractivity (Wildman–Crippen MR) is 146 cm³/mol. The quantitative estimate of drug-likeness (QED) is 0.531. The summed E-state index contributed by atoms with van der Waals surface area (Å²) in [5.74, 6) is 0.254. The van der Waals surface area contributed by atoms with Crippen LogP contribution in [0.25, 0.3) is 0 Å². The van der Waals surface area contributed by atoms with Crippen molar-refractivity contribution in [3.05, 3.63) is 63.6 Å². The molecule has 2 heterocycles. The van der Waals surface area contributed by atoms with Crippen LogP contribution in [0.2, 0.25) is 10.0 Å². The van der Waals surface area contributed by atoms with Gasteiger partial charge in [0.1, 0.15) is 5.54 Å². The molecule has 5 rings (SSSR count). The average Bonchev–Trinajstić information content (AvgIpc) is 3.13. The maximum Gasteiger partial charge on any atom is 0.249 e. The number of fused-ring (bicyclic) bond motifs is 1. The fourth-order valence-electron chi connectivity index (χ4n) is 6.14. The van der Waals surface area contributed by atoms with E-state index in [0.29, 0.717) is 54.4 Å². The Hall–Kier alpha value is -2.16. The van der Waals surface area contributed by atoms with Gasteiger partial charge in [0.05, 0.1) is 19.8 Å². The number of rotatable bonds is 7. The number of hydrazine groups is 1. The number of amides is 2. The Balaban J connectivity index is 1.57. The first kappa shape index (κ1) is 26.4.